The molecule has 1 atom stereocenters. The quantitative estimate of drug-likeness (QED) is 0.302. The Morgan fingerprint density at radius 3 is 2.65 bits per heavy atom. The number of methoxy groups -OCH3 is 1. The Kier molecular flexibility index (Phi) is 12.1. The van der Waals surface area contributed by atoms with Crippen LogP contribution in [0.4, 0.5) is 0 Å². The van der Waals surface area contributed by atoms with Gasteiger partial charge in [-0.15, -0.1) is 24.0 Å². The lowest BCUT2D eigenvalue weighted by atomic mass is 9.83. The summed E-state index contributed by atoms with van der Waals surface area (Å²) >= 11 is 0. The van der Waals surface area contributed by atoms with E-state index in [2.05, 4.69) is 29.4 Å². The molecule has 154 valence electrons. The number of hydrogen-bond donors (Lipinski definition) is 2. The van der Waals surface area contributed by atoms with Crippen molar-refractivity contribution in [3.63, 3.8) is 0 Å². The molecule has 0 aromatic carbocycles. The smallest absolute Gasteiger partial charge is 0.191 e. The van der Waals surface area contributed by atoms with Crippen LogP contribution in [-0.4, -0.2) is 63.8 Å². The average molecular weight is 480 g/mol. The fourth-order valence-corrected chi connectivity index (χ4v) is 4.34. The lowest BCUT2D eigenvalue weighted by Gasteiger charge is -2.31. The Morgan fingerprint density at radius 1 is 1.23 bits per heavy atom. The number of aliphatic imine (C=N–C) groups is 1. The van der Waals surface area contributed by atoms with Crippen LogP contribution in [0.15, 0.2) is 4.99 Å². The van der Waals surface area contributed by atoms with Gasteiger partial charge < -0.3 is 20.3 Å². The summed E-state index contributed by atoms with van der Waals surface area (Å²) in [4.78, 5) is 7.52. The molecule has 0 bridgehead atoms. The molecule has 2 aliphatic rings. The van der Waals surface area contributed by atoms with Crippen LogP contribution in [0.3, 0.4) is 0 Å². The third kappa shape index (κ3) is 8.30. The molecule has 0 aromatic heterocycles. The largest absolute Gasteiger partial charge is 0.385 e. The highest BCUT2D eigenvalue weighted by Crippen LogP contribution is 2.41. The second-order valence-corrected chi connectivity index (χ2v) is 8.12. The van der Waals surface area contributed by atoms with E-state index in [0.29, 0.717) is 5.41 Å². The molecule has 0 radical (unpaired) electrons. The van der Waals surface area contributed by atoms with Crippen LogP contribution in [-0.2, 0) is 4.74 Å². The van der Waals surface area contributed by atoms with Gasteiger partial charge in [0.25, 0.3) is 0 Å². The van der Waals surface area contributed by atoms with Crippen molar-refractivity contribution in [2.24, 2.45) is 16.3 Å². The summed E-state index contributed by atoms with van der Waals surface area (Å²) in [6.07, 6.45) is 9.15. The Bertz CT molecular complexity index is 399. The molecule has 6 heteroatoms. The van der Waals surface area contributed by atoms with Gasteiger partial charge in [-0.25, -0.2) is 0 Å². The Morgan fingerprint density at radius 2 is 2.00 bits per heavy atom. The maximum atomic E-state index is 5.34. The number of nitrogens with one attached hydrogen (secondary N) is 2. The monoisotopic (exact) mass is 480 g/mol. The number of nitrogens with zero attached hydrogens (tertiary/aromatic N) is 2. The molecule has 2 fully saturated rings. The first-order valence-electron chi connectivity index (χ1n) is 10.4. The van der Waals surface area contributed by atoms with Crippen molar-refractivity contribution in [3.05, 3.63) is 0 Å². The first-order valence-corrected chi connectivity index (χ1v) is 10.4. The number of ether oxygens (including phenoxy) is 1. The maximum Gasteiger partial charge on any atom is 0.191 e. The molecule has 0 aromatic rings. The minimum atomic E-state index is 0. The first-order chi connectivity index (χ1) is 12.2. The first kappa shape index (κ1) is 24.0. The van der Waals surface area contributed by atoms with Crippen molar-refractivity contribution in [2.45, 2.75) is 58.8 Å². The Balaban J connectivity index is 0.00000338. The summed E-state index contributed by atoms with van der Waals surface area (Å²) in [7, 11) is 1.80. The van der Waals surface area contributed by atoms with Crippen LogP contribution in [0.25, 0.3) is 0 Å². The molecule has 1 saturated carbocycles. The standard InChI is InChI=1S/C20H40N4O.HI/c1-4-21-19(22-12-14-24-13-7-8-18(2)16-24)23-17-20(11-15-25-3)9-5-6-10-20;/h18H,4-17H2,1-3H3,(H2,21,22,23);1H. The molecule has 0 amide bonds. The fourth-order valence-electron chi connectivity index (χ4n) is 4.34. The number of hydrogen-bond acceptors (Lipinski definition) is 3. The summed E-state index contributed by atoms with van der Waals surface area (Å²) in [6.45, 7) is 11.8. The second-order valence-electron chi connectivity index (χ2n) is 8.12. The molecule has 1 saturated heterocycles. The molecular formula is C20H41IN4O. The second kappa shape index (κ2) is 13.2. The SMILES string of the molecule is CCNC(=NCC1(CCOC)CCCC1)NCCN1CCCC(C)C1.I. The van der Waals surface area contributed by atoms with E-state index in [1.54, 1.807) is 7.11 Å². The minimum absolute atomic E-state index is 0. The lowest BCUT2D eigenvalue weighted by Crippen LogP contribution is -2.44. The Labute approximate surface area is 178 Å². The normalized spacial score (nSPS) is 23.5. The molecule has 1 aliphatic carbocycles. The van der Waals surface area contributed by atoms with E-state index in [1.807, 2.05) is 0 Å². The van der Waals surface area contributed by atoms with Crippen LogP contribution in [0.1, 0.15) is 58.8 Å². The predicted octanol–water partition coefficient (Wildman–Crippen LogP) is 3.49. The Hall–Kier alpha value is -0.0800. The van der Waals surface area contributed by atoms with E-state index < -0.39 is 0 Å². The summed E-state index contributed by atoms with van der Waals surface area (Å²) in [6, 6.07) is 0. The summed E-state index contributed by atoms with van der Waals surface area (Å²) in [5.41, 5.74) is 0.362. The summed E-state index contributed by atoms with van der Waals surface area (Å²) < 4.78 is 5.34. The van der Waals surface area contributed by atoms with Crippen LogP contribution in [0.5, 0.6) is 0 Å². The molecular weight excluding hydrogens is 439 g/mol. The van der Waals surface area contributed by atoms with E-state index in [-0.39, 0.29) is 24.0 Å². The lowest BCUT2D eigenvalue weighted by molar-refractivity contribution is 0.141. The third-order valence-corrected chi connectivity index (χ3v) is 5.88. The summed E-state index contributed by atoms with van der Waals surface area (Å²) in [5.74, 6) is 1.83. The van der Waals surface area contributed by atoms with Gasteiger partial charge in [-0.1, -0.05) is 19.8 Å². The predicted molar refractivity (Wildman–Crippen MR) is 122 cm³/mol. The topological polar surface area (TPSA) is 48.9 Å². The van der Waals surface area contributed by atoms with Crippen molar-refractivity contribution in [3.8, 4) is 0 Å². The minimum Gasteiger partial charge on any atom is -0.385 e. The van der Waals surface area contributed by atoms with Gasteiger partial charge in [0, 0.05) is 46.4 Å². The molecule has 2 N–H and O–H groups in total. The number of piperidine rings is 1. The number of likely N-dealkylation sites (tertiary alicyclic amines) is 1. The van der Waals surface area contributed by atoms with Crippen molar-refractivity contribution < 1.29 is 4.74 Å². The van der Waals surface area contributed by atoms with E-state index >= 15 is 0 Å². The van der Waals surface area contributed by atoms with E-state index in [9.17, 15) is 0 Å². The molecule has 5 nitrogen and oxygen atoms in total. The van der Waals surface area contributed by atoms with Crippen LogP contribution >= 0.6 is 24.0 Å². The van der Waals surface area contributed by atoms with Gasteiger partial charge in [0.1, 0.15) is 0 Å². The molecule has 1 heterocycles. The van der Waals surface area contributed by atoms with Gasteiger partial charge in [0.05, 0.1) is 0 Å². The van der Waals surface area contributed by atoms with Gasteiger partial charge in [0.2, 0.25) is 0 Å². The molecule has 2 rings (SSSR count). The molecule has 1 aliphatic heterocycles. The zero-order chi connectivity index (χ0) is 18.0. The van der Waals surface area contributed by atoms with Crippen molar-refractivity contribution in [1.82, 2.24) is 15.5 Å². The molecule has 0 spiro atoms. The van der Waals surface area contributed by atoms with Gasteiger partial charge >= 0.3 is 0 Å². The number of halogens is 1. The van der Waals surface area contributed by atoms with E-state index in [1.165, 1.54) is 51.6 Å². The number of rotatable bonds is 9. The van der Waals surface area contributed by atoms with Gasteiger partial charge in [0.15, 0.2) is 5.96 Å². The highest BCUT2D eigenvalue weighted by molar-refractivity contribution is 14.0. The van der Waals surface area contributed by atoms with Gasteiger partial charge in [-0.3, -0.25) is 4.99 Å². The van der Waals surface area contributed by atoms with Gasteiger partial charge in [-0.05, 0) is 56.9 Å². The van der Waals surface area contributed by atoms with E-state index in [4.69, 9.17) is 9.73 Å². The highest BCUT2D eigenvalue weighted by atomic mass is 127. The average Bonchev–Trinajstić information content (AvgIpc) is 3.07. The zero-order valence-electron chi connectivity index (χ0n) is 17.2. The van der Waals surface area contributed by atoms with Crippen LogP contribution in [0.2, 0.25) is 0 Å². The third-order valence-electron chi connectivity index (χ3n) is 5.88. The molecule has 26 heavy (non-hydrogen) atoms. The summed E-state index contributed by atoms with van der Waals surface area (Å²) in [5, 5.41) is 6.96. The number of guanidine groups is 1. The van der Waals surface area contributed by atoms with E-state index in [0.717, 1.165) is 51.1 Å². The van der Waals surface area contributed by atoms with Crippen molar-refractivity contribution >= 4 is 29.9 Å². The van der Waals surface area contributed by atoms with Gasteiger partial charge in [-0.2, -0.15) is 0 Å². The maximum absolute atomic E-state index is 5.34. The highest BCUT2D eigenvalue weighted by Gasteiger charge is 2.33. The fraction of sp³-hybridized carbons (Fsp3) is 0.950. The van der Waals surface area contributed by atoms with Crippen LogP contribution in [0, 0.1) is 11.3 Å². The molecule has 1 unspecified atom stereocenters. The zero-order valence-corrected chi connectivity index (χ0v) is 19.5. The van der Waals surface area contributed by atoms with Crippen LogP contribution < -0.4 is 10.6 Å². The van der Waals surface area contributed by atoms with Crippen molar-refractivity contribution in [1.29, 1.82) is 0 Å². The van der Waals surface area contributed by atoms with Crippen molar-refractivity contribution in [2.75, 3.05) is 53.0 Å².